The van der Waals surface area contributed by atoms with E-state index >= 15 is 0 Å². The Morgan fingerprint density at radius 1 is 1.12 bits per heavy atom. The molecule has 0 bridgehead atoms. The lowest BCUT2D eigenvalue weighted by Gasteiger charge is -2.16. The number of fused-ring (bicyclic) bond motifs is 3. The fourth-order valence-electron chi connectivity index (χ4n) is 3.78. The molecule has 0 saturated heterocycles. The Hall–Kier alpha value is -1.37. The quantitative estimate of drug-likeness (QED) is 0.724. The monoisotopic (exact) mass is 409 g/mol. The maximum absolute atomic E-state index is 12.7. The molecule has 1 N–H and O–H groups in total. The molecule has 1 amide bonds. The predicted octanol–water partition coefficient (Wildman–Crippen LogP) is 4.81. The van der Waals surface area contributed by atoms with Crippen LogP contribution in [0.1, 0.15) is 53.8 Å². The maximum Gasteiger partial charge on any atom is 0.261 e. The molecule has 2 aliphatic rings. The first-order valence-electron chi connectivity index (χ1n) is 8.90. The van der Waals surface area contributed by atoms with Crippen molar-refractivity contribution in [2.45, 2.75) is 55.2 Å². The number of carbonyl (C=O) groups excluding carboxylic acids is 1. The van der Waals surface area contributed by atoms with Crippen molar-refractivity contribution in [3.63, 3.8) is 0 Å². The van der Waals surface area contributed by atoms with Gasteiger partial charge in [-0.15, -0.1) is 11.3 Å². The van der Waals surface area contributed by atoms with Crippen LogP contribution in [0.15, 0.2) is 29.2 Å². The van der Waals surface area contributed by atoms with Crippen LogP contribution in [0, 0.1) is 0 Å². The van der Waals surface area contributed by atoms with Gasteiger partial charge in [0.2, 0.25) is 0 Å². The van der Waals surface area contributed by atoms with Crippen LogP contribution >= 0.6 is 22.9 Å². The minimum Gasteiger partial charge on any atom is -0.349 e. The van der Waals surface area contributed by atoms with Gasteiger partial charge in [0, 0.05) is 21.5 Å². The lowest BCUT2D eigenvalue weighted by atomic mass is 10.1. The molecule has 1 aliphatic carbocycles. The van der Waals surface area contributed by atoms with Gasteiger partial charge in [0.1, 0.15) is 0 Å². The van der Waals surface area contributed by atoms with Crippen LogP contribution in [0.2, 0.25) is 5.02 Å². The molecule has 138 valence electrons. The highest BCUT2D eigenvalue weighted by Gasteiger charge is 2.31. The molecule has 26 heavy (non-hydrogen) atoms. The molecule has 0 atom stereocenters. The molecule has 7 heteroatoms. The van der Waals surface area contributed by atoms with Crippen LogP contribution < -0.4 is 5.32 Å². The summed E-state index contributed by atoms with van der Waals surface area (Å²) in [6, 6.07) is 6.88. The van der Waals surface area contributed by atoms with Crippen LogP contribution in [0.5, 0.6) is 0 Å². The number of rotatable bonds is 2. The van der Waals surface area contributed by atoms with Gasteiger partial charge in [0.25, 0.3) is 5.91 Å². The first-order valence-corrected chi connectivity index (χ1v) is 11.7. The fraction of sp³-hybridized carbons (Fsp3) is 0.421. The molecule has 4 rings (SSSR count). The van der Waals surface area contributed by atoms with Crippen molar-refractivity contribution in [3.05, 3.63) is 39.7 Å². The third-order valence-electron chi connectivity index (χ3n) is 5.09. The molecule has 2 aromatic rings. The van der Waals surface area contributed by atoms with Crippen LogP contribution in [-0.2, 0) is 15.6 Å². The molecule has 1 aromatic carbocycles. The van der Waals surface area contributed by atoms with Gasteiger partial charge in [-0.3, -0.25) is 4.79 Å². The number of thiophene rings is 1. The number of nitrogens with one attached hydrogen (secondary N) is 1. The standard InChI is InChI=1S/C19H20ClNO3S2/c20-13-7-8-15-17(10-13)26(23,24)11-12-9-16(25-18(12)15)19(22)21-14-5-3-1-2-4-6-14/h7-10,14H,1-6,11H2,(H,21,22). The largest absolute Gasteiger partial charge is 0.349 e. The smallest absolute Gasteiger partial charge is 0.261 e. The number of benzene rings is 1. The third-order valence-corrected chi connectivity index (χ3v) is 8.24. The molecular formula is C19H20ClNO3S2. The van der Waals surface area contributed by atoms with Gasteiger partial charge in [-0.1, -0.05) is 43.4 Å². The van der Waals surface area contributed by atoms with E-state index in [1.54, 1.807) is 18.2 Å². The Balaban J connectivity index is 1.64. The summed E-state index contributed by atoms with van der Waals surface area (Å²) >= 11 is 7.35. The lowest BCUT2D eigenvalue weighted by Crippen LogP contribution is -2.33. The fourth-order valence-corrected chi connectivity index (χ4v) is 6.90. The Kier molecular flexibility index (Phi) is 4.84. The topological polar surface area (TPSA) is 63.2 Å². The Morgan fingerprint density at radius 3 is 2.58 bits per heavy atom. The van der Waals surface area contributed by atoms with Crippen LogP contribution in [0.3, 0.4) is 0 Å². The van der Waals surface area contributed by atoms with Gasteiger partial charge >= 0.3 is 0 Å². The van der Waals surface area contributed by atoms with Gasteiger partial charge < -0.3 is 5.32 Å². The first-order chi connectivity index (χ1) is 12.4. The molecular weight excluding hydrogens is 390 g/mol. The summed E-state index contributed by atoms with van der Waals surface area (Å²) in [5.74, 6) is -0.174. The minimum atomic E-state index is -3.43. The third kappa shape index (κ3) is 3.42. The Morgan fingerprint density at radius 2 is 1.85 bits per heavy atom. The van der Waals surface area contributed by atoms with Crippen molar-refractivity contribution in [1.82, 2.24) is 5.32 Å². The van der Waals surface area contributed by atoms with Gasteiger partial charge in [0.15, 0.2) is 9.84 Å². The second-order valence-corrected chi connectivity index (χ2v) is 10.5. The molecule has 1 saturated carbocycles. The van der Waals surface area contributed by atoms with E-state index in [1.165, 1.54) is 30.2 Å². The lowest BCUT2D eigenvalue weighted by molar-refractivity contribution is 0.0937. The van der Waals surface area contributed by atoms with Crippen molar-refractivity contribution < 1.29 is 13.2 Å². The molecule has 1 fully saturated rings. The number of hydrogen-bond donors (Lipinski definition) is 1. The van der Waals surface area contributed by atoms with E-state index in [0.717, 1.165) is 30.6 Å². The number of hydrogen-bond acceptors (Lipinski definition) is 4. The zero-order valence-electron chi connectivity index (χ0n) is 14.3. The van der Waals surface area contributed by atoms with Crippen LogP contribution in [0.4, 0.5) is 0 Å². The highest BCUT2D eigenvalue weighted by Crippen LogP contribution is 2.43. The second kappa shape index (κ2) is 6.98. The highest BCUT2D eigenvalue weighted by molar-refractivity contribution is 7.91. The Bertz CT molecular complexity index is 957. The van der Waals surface area contributed by atoms with Crippen molar-refractivity contribution in [3.8, 4) is 10.4 Å². The minimum absolute atomic E-state index is 0.0805. The second-order valence-electron chi connectivity index (χ2n) is 7.03. The van der Waals surface area contributed by atoms with E-state index in [1.807, 2.05) is 0 Å². The number of amides is 1. The molecule has 0 unspecified atom stereocenters. The first kappa shape index (κ1) is 18.0. The maximum atomic E-state index is 12.7. The van der Waals surface area contributed by atoms with Crippen LogP contribution in [0.25, 0.3) is 10.4 Å². The number of carbonyl (C=O) groups is 1. The molecule has 0 spiro atoms. The predicted molar refractivity (Wildman–Crippen MR) is 105 cm³/mol. The SMILES string of the molecule is O=C(NC1CCCCCC1)c1cc2c(s1)-c1ccc(Cl)cc1S(=O)(=O)C2. The summed E-state index contributed by atoms with van der Waals surface area (Å²) < 4.78 is 25.1. The molecule has 1 aromatic heterocycles. The van der Waals surface area contributed by atoms with E-state index in [-0.39, 0.29) is 22.6 Å². The summed E-state index contributed by atoms with van der Waals surface area (Å²) in [4.78, 5) is 14.4. The average molecular weight is 410 g/mol. The summed E-state index contributed by atoms with van der Waals surface area (Å²) in [6.45, 7) is 0. The van der Waals surface area contributed by atoms with Crippen molar-refractivity contribution in [1.29, 1.82) is 0 Å². The summed E-state index contributed by atoms with van der Waals surface area (Å²) in [7, 11) is -3.43. The van der Waals surface area contributed by atoms with E-state index in [2.05, 4.69) is 5.32 Å². The van der Waals surface area contributed by atoms with Gasteiger partial charge in [-0.25, -0.2) is 8.42 Å². The van der Waals surface area contributed by atoms with Gasteiger partial charge in [-0.2, -0.15) is 0 Å². The highest BCUT2D eigenvalue weighted by atomic mass is 35.5. The normalized spacial score (nSPS) is 19.3. The molecule has 2 heterocycles. The van der Waals surface area contributed by atoms with E-state index in [4.69, 9.17) is 11.6 Å². The van der Waals surface area contributed by atoms with E-state index < -0.39 is 9.84 Å². The average Bonchev–Trinajstić information content (AvgIpc) is 2.83. The van der Waals surface area contributed by atoms with E-state index in [0.29, 0.717) is 21.0 Å². The summed E-state index contributed by atoms with van der Waals surface area (Å²) in [5, 5.41) is 3.54. The van der Waals surface area contributed by atoms with Crippen molar-refractivity contribution in [2.24, 2.45) is 0 Å². The molecule has 1 aliphatic heterocycles. The zero-order valence-corrected chi connectivity index (χ0v) is 16.6. The van der Waals surface area contributed by atoms with Gasteiger partial charge in [0.05, 0.1) is 15.5 Å². The number of sulfone groups is 1. The number of halogens is 1. The van der Waals surface area contributed by atoms with Gasteiger partial charge in [-0.05, 0) is 36.6 Å². The Labute approximate surface area is 162 Å². The van der Waals surface area contributed by atoms with Crippen LogP contribution in [-0.4, -0.2) is 20.4 Å². The molecule has 4 nitrogen and oxygen atoms in total. The van der Waals surface area contributed by atoms with Crippen molar-refractivity contribution >= 4 is 38.7 Å². The zero-order chi connectivity index (χ0) is 18.3. The summed E-state index contributed by atoms with van der Waals surface area (Å²) in [5.41, 5.74) is 1.35. The van der Waals surface area contributed by atoms with E-state index in [9.17, 15) is 13.2 Å². The van der Waals surface area contributed by atoms with Crippen molar-refractivity contribution in [2.75, 3.05) is 0 Å². The molecule has 0 radical (unpaired) electrons. The summed E-state index contributed by atoms with van der Waals surface area (Å²) in [6.07, 6.45) is 6.81.